The molecule has 0 spiro atoms. The Morgan fingerprint density at radius 1 is 1.38 bits per heavy atom. The summed E-state index contributed by atoms with van der Waals surface area (Å²) in [6, 6.07) is -0.647. The summed E-state index contributed by atoms with van der Waals surface area (Å²) in [5.74, 6) is -1.63. The van der Waals surface area contributed by atoms with Gasteiger partial charge < -0.3 is 20.3 Å². The molecule has 0 bridgehead atoms. The van der Waals surface area contributed by atoms with E-state index >= 15 is 0 Å². The highest BCUT2D eigenvalue weighted by Crippen LogP contribution is 2.30. The third-order valence-electron chi connectivity index (χ3n) is 4.68. The lowest BCUT2D eigenvalue weighted by atomic mass is 10.0. The second-order valence-electron chi connectivity index (χ2n) is 6.75. The summed E-state index contributed by atoms with van der Waals surface area (Å²) in [4.78, 5) is 32.4. The lowest BCUT2D eigenvalue weighted by Gasteiger charge is -2.37. The number of carbonyl (C=O) groups excluding carboxylic acids is 1. The van der Waals surface area contributed by atoms with Crippen LogP contribution in [0.1, 0.15) is 32.3 Å². The molecule has 158 valence electrons. The molecule has 1 aliphatic rings. The van der Waals surface area contributed by atoms with Crippen molar-refractivity contribution in [1.29, 1.82) is 0 Å². The number of sulfone groups is 1. The van der Waals surface area contributed by atoms with Gasteiger partial charge in [-0.25, -0.2) is 18.2 Å². The van der Waals surface area contributed by atoms with Crippen LogP contribution >= 0.6 is 34.5 Å². The Hall–Kier alpha value is -1.82. The van der Waals surface area contributed by atoms with Gasteiger partial charge in [0.15, 0.2) is 15.0 Å². The van der Waals surface area contributed by atoms with Crippen molar-refractivity contribution < 1.29 is 23.1 Å². The predicted molar refractivity (Wildman–Crippen MR) is 111 cm³/mol. The number of nitrogens with zero attached hydrogens (tertiary/aromatic N) is 2. The number of amides is 1. The molecule has 3 rings (SSSR count). The highest BCUT2D eigenvalue weighted by molar-refractivity contribution is 7.91. The van der Waals surface area contributed by atoms with Crippen molar-refractivity contribution in [2.45, 2.75) is 24.6 Å². The first kappa shape index (κ1) is 21.9. The monoisotopic (exact) mass is 480 g/mol. The van der Waals surface area contributed by atoms with Crippen LogP contribution in [0.4, 0.5) is 5.13 Å². The first-order chi connectivity index (χ1) is 13.5. The number of H-pyrrole nitrogens is 1. The molecule has 9 nitrogen and oxygen atoms in total. The molecule has 2 atom stereocenters. The summed E-state index contributed by atoms with van der Waals surface area (Å²) in [5, 5.41) is 11.6. The summed E-state index contributed by atoms with van der Waals surface area (Å²) in [5.41, 5.74) is 0.615. The van der Waals surface area contributed by atoms with Gasteiger partial charge in [-0.05, 0) is 13.3 Å². The fourth-order valence-corrected chi connectivity index (χ4v) is 5.63. The smallest absolute Gasteiger partial charge is 0.347 e. The largest absolute Gasteiger partial charge is 0.477 e. The number of aromatic carboxylic acids is 1. The lowest BCUT2D eigenvalue weighted by molar-refractivity contribution is 0.0701. The zero-order valence-corrected chi connectivity index (χ0v) is 18.5. The van der Waals surface area contributed by atoms with Crippen LogP contribution in [0.15, 0.2) is 6.20 Å². The molecule has 13 heteroatoms. The van der Waals surface area contributed by atoms with E-state index in [1.54, 1.807) is 11.8 Å². The van der Waals surface area contributed by atoms with Crippen molar-refractivity contribution in [3.8, 4) is 0 Å². The van der Waals surface area contributed by atoms with Crippen LogP contribution in [-0.2, 0) is 9.84 Å². The van der Waals surface area contributed by atoms with Gasteiger partial charge in [0.05, 0.1) is 21.5 Å². The minimum Gasteiger partial charge on any atom is -0.477 e. The molecule has 0 radical (unpaired) electrons. The summed E-state index contributed by atoms with van der Waals surface area (Å²) in [6.07, 6.45) is 2.68. The van der Waals surface area contributed by atoms with Crippen molar-refractivity contribution >= 4 is 61.4 Å². The molecule has 1 amide bonds. The third-order valence-corrected chi connectivity index (χ3v) is 8.25. The lowest BCUT2D eigenvalue weighted by Crippen LogP contribution is -2.57. The number of carboxylic acids is 1. The maximum Gasteiger partial charge on any atom is 0.347 e. The average Bonchev–Trinajstić information content (AvgIpc) is 3.23. The molecule has 1 aliphatic heterocycles. The normalized spacial score (nSPS) is 19.9. The van der Waals surface area contributed by atoms with E-state index in [1.165, 1.54) is 6.20 Å². The van der Waals surface area contributed by atoms with E-state index < -0.39 is 33.0 Å². The number of piperidine rings is 1. The van der Waals surface area contributed by atoms with Crippen LogP contribution in [0.2, 0.25) is 10.0 Å². The van der Waals surface area contributed by atoms with Gasteiger partial charge in [0.1, 0.15) is 10.6 Å². The molecule has 29 heavy (non-hydrogen) atoms. The highest BCUT2D eigenvalue weighted by atomic mass is 35.5. The Balaban J connectivity index is 1.80. The topological polar surface area (TPSA) is 132 Å². The molecule has 3 heterocycles. The molecule has 0 unspecified atom stereocenters. The van der Waals surface area contributed by atoms with E-state index in [2.05, 4.69) is 15.3 Å². The number of nitrogens with one attached hydrogen (secondary N) is 2. The van der Waals surface area contributed by atoms with Crippen molar-refractivity contribution in [3.05, 3.63) is 32.5 Å². The number of hydrogen-bond donors (Lipinski definition) is 3. The number of rotatable bonds is 5. The number of carboxylic acid groups (broad SMARTS) is 1. The number of hydrogen-bond acceptors (Lipinski definition) is 7. The van der Waals surface area contributed by atoms with Gasteiger partial charge in [-0.2, -0.15) is 0 Å². The molecular weight excluding hydrogens is 463 g/mol. The molecule has 0 aliphatic carbocycles. The van der Waals surface area contributed by atoms with Gasteiger partial charge in [-0.15, -0.1) is 0 Å². The molecule has 3 N–H and O–H groups in total. The Labute approximate surface area is 180 Å². The Bertz CT molecular complexity index is 1070. The van der Waals surface area contributed by atoms with Crippen LogP contribution < -0.4 is 10.2 Å². The number of halogens is 2. The number of thiazole rings is 1. The maximum absolute atomic E-state index is 12.6. The van der Waals surface area contributed by atoms with Crippen LogP contribution in [-0.4, -0.2) is 66.0 Å². The number of aryl methyl sites for hydroxylation is 1. The van der Waals surface area contributed by atoms with E-state index in [-0.39, 0.29) is 27.2 Å². The fourth-order valence-electron chi connectivity index (χ4n) is 3.17. The third kappa shape index (κ3) is 4.52. The maximum atomic E-state index is 12.6. The summed E-state index contributed by atoms with van der Waals surface area (Å²) >= 11 is 13.1. The molecule has 0 saturated carbocycles. The number of anilines is 1. The zero-order valence-electron chi connectivity index (χ0n) is 15.4. The van der Waals surface area contributed by atoms with E-state index in [4.69, 9.17) is 28.3 Å². The molecule has 0 aromatic carbocycles. The van der Waals surface area contributed by atoms with E-state index in [0.29, 0.717) is 23.8 Å². The average molecular weight is 481 g/mol. The van der Waals surface area contributed by atoms with Crippen molar-refractivity contribution in [3.63, 3.8) is 0 Å². The molecule has 2 aromatic heterocycles. The number of aromatic nitrogens is 2. The van der Waals surface area contributed by atoms with Gasteiger partial charge in [0.25, 0.3) is 5.91 Å². The SMILES string of the molecule is Cc1[nH]c(C(=O)N[C@@H]2CCN(c3ncc(C(=O)O)s3)C[C@@H]2S(C)(=O)=O)c(Cl)c1Cl. The van der Waals surface area contributed by atoms with Crippen molar-refractivity contribution in [2.75, 3.05) is 24.2 Å². The van der Waals surface area contributed by atoms with Gasteiger partial charge in [-0.3, -0.25) is 4.79 Å². The summed E-state index contributed by atoms with van der Waals surface area (Å²) < 4.78 is 24.8. The molecule has 2 aromatic rings. The van der Waals surface area contributed by atoms with E-state index in [0.717, 1.165) is 17.6 Å². The van der Waals surface area contributed by atoms with Gasteiger partial charge in [-0.1, -0.05) is 34.5 Å². The standard InChI is InChI=1S/C16H18Cl2N4O5S2/c1-7-11(17)12(18)13(20-7)14(23)21-8-3-4-22(6-10(8)29(2,26)27)16-19-5-9(28-16)15(24)25/h5,8,10,20H,3-4,6H2,1-2H3,(H,21,23)(H,24,25)/t8-,10+/m1/s1. The molecule has 1 fully saturated rings. The predicted octanol–water partition coefficient (Wildman–Crippen LogP) is 2.21. The van der Waals surface area contributed by atoms with Gasteiger partial charge in [0.2, 0.25) is 0 Å². The quantitative estimate of drug-likeness (QED) is 0.597. The van der Waals surface area contributed by atoms with Gasteiger partial charge >= 0.3 is 5.97 Å². The Kier molecular flexibility index (Phi) is 6.13. The minimum atomic E-state index is -3.53. The first-order valence-electron chi connectivity index (χ1n) is 8.46. The zero-order chi connectivity index (χ0) is 21.5. The highest BCUT2D eigenvalue weighted by Gasteiger charge is 2.38. The minimum absolute atomic E-state index is 0.0694. The second kappa shape index (κ2) is 8.13. The van der Waals surface area contributed by atoms with Crippen LogP contribution in [0.3, 0.4) is 0 Å². The van der Waals surface area contributed by atoms with Crippen LogP contribution in [0.5, 0.6) is 0 Å². The Morgan fingerprint density at radius 2 is 2.07 bits per heavy atom. The first-order valence-corrected chi connectivity index (χ1v) is 12.0. The van der Waals surface area contributed by atoms with Gasteiger partial charge in [0, 0.05) is 31.1 Å². The van der Waals surface area contributed by atoms with Crippen LogP contribution in [0, 0.1) is 6.92 Å². The second-order valence-corrected chi connectivity index (χ2v) is 10.8. The summed E-state index contributed by atoms with van der Waals surface area (Å²) in [7, 11) is -3.53. The van der Waals surface area contributed by atoms with Crippen LogP contribution in [0.25, 0.3) is 0 Å². The van der Waals surface area contributed by atoms with Crippen molar-refractivity contribution in [2.24, 2.45) is 0 Å². The van der Waals surface area contributed by atoms with Crippen molar-refractivity contribution in [1.82, 2.24) is 15.3 Å². The summed E-state index contributed by atoms with van der Waals surface area (Å²) in [6.45, 7) is 2.15. The number of carbonyl (C=O) groups is 2. The molecular formula is C16H18Cl2N4O5S2. The molecule has 1 saturated heterocycles. The fraction of sp³-hybridized carbons (Fsp3) is 0.438. The van der Waals surface area contributed by atoms with E-state index in [9.17, 15) is 18.0 Å². The Morgan fingerprint density at radius 3 is 2.59 bits per heavy atom. The number of aromatic amines is 1. The van der Waals surface area contributed by atoms with E-state index in [1.807, 2.05) is 0 Å².